The number of fused-ring (bicyclic) bond motifs is 1. The summed E-state index contributed by atoms with van der Waals surface area (Å²) in [5.41, 5.74) is 1.81. The van der Waals surface area contributed by atoms with Crippen LogP contribution in [0.5, 0.6) is 0 Å². The molecule has 0 aliphatic carbocycles. The van der Waals surface area contributed by atoms with E-state index in [4.69, 9.17) is 11.6 Å². The summed E-state index contributed by atoms with van der Waals surface area (Å²) in [6.07, 6.45) is -2.60. The molecule has 0 aliphatic rings. The molecule has 0 atom stereocenters. The standard InChI is InChI=1S/C9H7ClF2N2/c1-4-2-3-5(10)7-6(4)13-9(14-7)8(11)12/h2-3,8H,1H3,(H,13,14). The van der Waals surface area contributed by atoms with Crippen LogP contribution in [0.1, 0.15) is 17.8 Å². The van der Waals surface area contributed by atoms with Crippen LogP contribution in [0.15, 0.2) is 12.1 Å². The van der Waals surface area contributed by atoms with Gasteiger partial charge in [0.2, 0.25) is 0 Å². The molecule has 2 nitrogen and oxygen atoms in total. The minimum Gasteiger partial charge on any atom is -0.336 e. The average molecular weight is 217 g/mol. The summed E-state index contributed by atoms with van der Waals surface area (Å²) in [4.78, 5) is 6.29. The van der Waals surface area contributed by atoms with Crippen LogP contribution in [0.4, 0.5) is 8.78 Å². The van der Waals surface area contributed by atoms with Gasteiger partial charge in [0.15, 0.2) is 5.82 Å². The van der Waals surface area contributed by atoms with Crippen molar-refractivity contribution in [3.05, 3.63) is 28.5 Å². The van der Waals surface area contributed by atoms with Crippen LogP contribution in [0, 0.1) is 6.92 Å². The first-order chi connectivity index (χ1) is 6.59. The van der Waals surface area contributed by atoms with Crippen molar-refractivity contribution in [1.82, 2.24) is 9.97 Å². The van der Waals surface area contributed by atoms with Crippen molar-refractivity contribution in [3.63, 3.8) is 0 Å². The Kier molecular flexibility index (Phi) is 2.15. The molecule has 1 aromatic heterocycles. The number of hydrogen-bond acceptors (Lipinski definition) is 1. The van der Waals surface area contributed by atoms with Gasteiger partial charge in [-0.05, 0) is 18.6 Å². The smallest absolute Gasteiger partial charge is 0.295 e. The van der Waals surface area contributed by atoms with Gasteiger partial charge in [-0.15, -0.1) is 0 Å². The van der Waals surface area contributed by atoms with Gasteiger partial charge in [-0.1, -0.05) is 17.7 Å². The molecular weight excluding hydrogens is 210 g/mol. The predicted octanol–water partition coefficient (Wildman–Crippen LogP) is 3.46. The minimum atomic E-state index is -2.60. The lowest BCUT2D eigenvalue weighted by Gasteiger charge is -1.94. The molecule has 74 valence electrons. The lowest BCUT2D eigenvalue weighted by atomic mass is 10.2. The van der Waals surface area contributed by atoms with Crippen molar-refractivity contribution >= 4 is 22.6 Å². The fourth-order valence-electron chi connectivity index (χ4n) is 1.31. The van der Waals surface area contributed by atoms with E-state index < -0.39 is 6.43 Å². The van der Waals surface area contributed by atoms with Gasteiger partial charge in [-0.2, -0.15) is 0 Å². The third-order valence-electron chi connectivity index (χ3n) is 2.02. The maximum Gasteiger partial charge on any atom is 0.295 e. The number of rotatable bonds is 1. The topological polar surface area (TPSA) is 28.7 Å². The number of halogens is 3. The van der Waals surface area contributed by atoms with E-state index in [1.165, 1.54) is 0 Å². The SMILES string of the molecule is Cc1ccc(Cl)c2[nH]c(C(F)F)nc12. The molecule has 0 spiro atoms. The first-order valence-corrected chi connectivity index (χ1v) is 4.40. The number of aromatic nitrogens is 2. The average Bonchev–Trinajstić information content (AvgIpc) is 2.57. The molecule has 0 amide bonds. The molecule has 0 bridgehead atoms. The summed E-state index contributed by atoms with van der Waals surface area (Å²) in [5, 5.41) is 0.407. The molecule has 1 aromatic carbocycles. The molecule has 0 unspecified atom stereocenters. The molecule has 0 aliphatic heterocycles. The van der Waals surface area contributed by atoms with E-state index in [0.717, 1.165) is 5.56 Å². The lowest BCUT2D eigenvalue weighted by molar-refractivity contribution is 0.142. The summed E-state index contributed by atoms with van der Waals surface area (Å²) < 4.78 is 24.7. The van der Waals surface area contributed by atoms with Crippen molar-refractivity contribution in [2.45, 2.75) is 13.3 Å². The molecule has 0 saturated heterocycles. The molecule has 0 radical (unpaired) electrons. The van der Waals surface area contributed by atoms with Crippen LogP contribution in [0.3, 0.4) is 0 Å². The molecule has 0 saturated carbocycles. The fourth-order valence-corrected chi connectivity index (χ4v) is 1.51. The van der Waals surface area contributed by atoms with E-state index >= 15 is 0 Å². The van der Waals surface area contributed by atoms with Crippen molar-refractivity contribution in [1.29, 1.82) is 0 Å². The van der Waals surface area contributed by atoms with Gasteiger partial charge in [-0.3, -0.25) is 0 Å². The Labute approximate surface area is 83.9 Å². The van der Waals surface area contributed by atoms with Crippen LogP contribution in [0.2, 0.25) is 5.02 Å². The molecule has 0 fully saturated rings. The minimum absolute atomic E-state index is 0.337. The first-order valence-electron chi connectivity index (χ1n) is 4.02. The zero-order valence-corrected chi connectivity index (χ0v) is 8.07. The highest BCUT2D eigenvalue weighted by atomic mass is 35.5. The monoisotopic (exact) mass is 216 g/mol. The number of aryl methyl sites for hydroxylation is 1. The Hall–Kier alpha value is -1.16. The predicted molar refractivity (Wildman–Crippen MR) is 50.8 cm³/mol. The summed E-state index contributed by atoms with van der Waals surface area (Å²) in [6.45, 7) is 1.80. The number of hydrogen-bond donors (Lipinski definition) is 1. The number of nitrogens with zero attached hydrogens (tertiary/aromatic N) is 1. The van der Waals surface area contributed by atoms with E-state index in [9.17, 15) is 8.78 Å². The number of alkyl halides is 2. The molecule has 1 heterocycles. The molecular formula is C9H7ClF2N2. The molecule has 5 heteroatoms. The van der Waals surface area contributed by atoms with Gasteiger partial charge in [0.1, 0.15) is 0 Å². The Bertz CT molecular complexity index is 440. The van der Waals surface area contributed by atoms with E-state index in [1.54, 1.807) is 19.1 Å². The van der Waals surface area contributed by atoms with Crippen LogP contribution in [-0.2, 0) is 0 Å². The van der Waals surface area contributed by atoms with Gasteiger partial charge >= 0.3 is 0 Å². The maximum absolute atomic E-state index is 12.3. The quantitative estimate of drug-likeness (QED) is 0.777. The summed E-state index contributed by atoms with van der Waals surface area (Å²) in [6, 6.07) is 3.41. The van der Waals surface area contributed by atoms with Crippen LogP contribution in [0.25, 0.3) is 11.0 Å². The van der Waals surface area contributed by atoms with Gasteiger partial charge in [0.25, 0.3) is 6.43 Å². The highest BCUT2D eigenvalue weighted by molar-refractivity contribution is 6.35. The number of nitrogens with one attached hydrogen (secondary N) is 1. The van der Waals surface area contributed by atoms with Crippen molar-refractivity contribution in [2.24, 2.45) is 0 Å². The van der Waals surface area contributed by atoms with Crippen molar-refractivity contribution in [3.8, 4) is 0 Å². The number of H-pyrrole nitrogens is 1. The van der Waals surface area contributed by atoms with E-state index in [2.05, 4.69) is 9.97 Å². The van der Waals surface area contributed by atoms with Crippen molar-refractivity contribution < 1.29 is 8.78 Å². The normalized spacial score (nSPS) is 11.5. The van der Waals surface area contributed by atoms with Gasteiger partial charge in [0.05, 0.1) is 16.1 Å². The molecule has 1 N–H and O–H groups in total. The third-order valence-corrected chi connectivity index (χ3v) is 2.34. The molecule has 14 heavy (non-hydrogen) atoms. The third kappa shape index (κ3) is 1.35. The van der Waals surface area contributed by atoms with E-state index in [1.807, 2.05) is 0 Å². The molecule has 2 aromatic rings. The first kappa shape index (κ1) is 9.40. The van der Waals surface area contributed by atoms with Crippen molar-refractivity contribution in [2.75, 3.05) is 0 Å². The highest BCUT2D eigenvalue weighted by Crippen LogP contribution is 2.27. The Morgan fingerprint density at radius 3 is 2.71 bits per heavy atom. The van der Waals surface area contributed by atoms with Crippen LogP contribution >= 0.6 is 11.6 Å². The summed E-state index contributed by atoms with van der Waals surface area (Å²) in [5.74, 6) is -0.337. The van der Waals surface area contributed by atoms with Crippen LogP contribution < -0.4 is 0 Å². The largest absolute Gasteiger partial charge is 0.336 e. The highest BCUT2D eigenvalue weighted by Gasteiger charge is 2.14. The van der Waals surface area contributed by atoms with Gasteiger partial charge in [-0.25, -0.2) is 13.8 Å². The van der Waals surface area contributed by atoms with Gasteiger partial charge < -0.3 is 4.98 Å². The zero-order valence-electron chi connectivity index (χ0n) is 7.31. The van der Waals surface area contributed by atoms with Gasteiger partial charge in [0, 0.05) is 0 Å². The molecule has 2 rings (SSSR count). The fraction of sp³-hybridized carbons (Fsp3) is 0.222. The van der Waals surface area contributed by atoms with E-state index in [0.29, 0.717) is 16.1 Å². The second kappa shape index (κ2) is 3.20. The van der Waals surface area contributed by atoms with E-state index in [-0.39, 0.29) is 5.82 Å². The summed E-state index contributed by atoms with van der Waals surface area (Å²) >= 11 is 5.83. The second-order valence-corrected chi connectivity index (χ2v) is 3.42. The zero-order chi connectivity index (χ0) is 10.3. The number of benzene rings is 1. The Morgan fingerprint density at radius 2 is 2.14 bits per heavy atom. The summed E-state index contributed by atoms with van der Waals surface area (Å²) in [7, 11) is 0. The number of aromatic amines is 1. The lowest BCUT2D eigenvalue weighted by Crippen LogP contribution is -1.85. The Balaban J connectivity index is 2.75. The maximum atomic E-state index is 12.3. The Morgan fingerprint density at radius 1 is 1.43 bits per heavy atom. The van der Waals surface area contributed by atoms with Crippen LogP contribution in [-0.4, -0.2) is 9.97 Å². The number of imidazole rings is 1. The second-order valence-electron chi connectivity index (χ2n) is 3.01.